The summed E-state index contributed by atoms with van der Waals surface area (Å²) in [4.78, 5) is 13.7. The fourth-order valence-electron chi connectivity index (χ4n) is 2.38. The molecule has 18 heavy (non-hydrogen) atoms. The van der Waals surface area contributed by atoms with E-state index in [0.29, 0.717) is 0 Å². The van der Waals surface area contributed by atoms with Gasteiger partial charge in [0.15, 0.2) is 5.13 Å². The van der Waals surface area contributed by atoms with Gasteiger partial charge in [-0.3, -0.25) is 9.88 Å². The van der Waals surface area contributed by atoms with Gasteiger partial charge in [0.25, 0.3) is 0 Å². The van der Waals surface area contributed by atoms with Gasteiger partial charge >= 0.3 is 0 Å². The van der Waals surface area contributed by atoms with Crippen molar-refractivity contribution in [2.45, 2.75) is 13.3 Å². The van der Waals surface area contributed by atoms with E-state index in [1.54, 1.807) is 11.3 Å². The van der Waals surface area contributed by atoms with Crippen LogP contribution in [0.5, 0.6) is 0 Å². The summed E-state index contributed by atoms with van der Waals surface area (Å²) in [5, 5.41) is 1.15. The molecule has 1 aliphatic rings. The topological polar surface area (TPSA) is 32.3 Å². The molecule has 0 aromatic carbocycles. The van der Waals surface area contributed by atoms with Crippen molar-refractivity contribution >= 4 is 26.7 Å². The molecule has 1 aliphatic heterocycles. The lowest BCUT2D eigenvalue weighted by molar-refractivity contribution is 0.258. The molecule has 4 nitrogen and oxygen atoms in total. The minimum atomic E-state index is 1.02. The van der Waals surface area contributed by atoms with Crippen LogP contribution in [0.25, 0.3) is 10.2 Å². The molecule has 2 aromatic rings. The summed E-state index contributed by atoms with van der Waals surface area (Å²) in [5.41, 5.74) is 1.02. The Hall–Kier alpha value is -1.20. The zero-order chi connectivity index (χ0) is 12.4. The van der Waals surface area contributed by atoms with Crippen LogP contribution in [0.1, 0.15) is 13.3 Å². The number of pyridine rings is 1. The van der Waals surface area contributed by atoms with Crippen molar-refractivity contribution in [2.24, 2.45) is 0 Å². The van der Waals surface area contributed by atoms with E-state index in [1.807, 2.05) is 18.5 Å². The van der Waals surface area contributed by atoms with Crippen LogP contribution in [0.15, 0.2) is 18.5 Å². The standard InChI is InChI=1S/C13H18N4S/c1-2-5-16-6-8-17(9-7-16)13-15-11-10-14-4-3-12(11)18-13/h3-4,10H,2,5-9H2,1H3. The van der Waals surface area contributed by atoms with E-state index in [2.05, 4.69) is 26.7 Å². The van der Waals surface area contributed by atoms with Crippen LogP contribution in [0, 0.1) is 0 Å². The normalized spacial score (nSPS) is 17.5. The summed E-state index contributed by atoms with van der Waals surface area (Å²) in [7, 11) is 0. The third-order valence-electron chi connectivity index (χ3n) is 3.36. The van der Waals surface area contributed by atoms with Gasteiger partial charge in [-0.25, -0.2) is 4.98 Å². The lowest BCUT2D eigenvalue weighted by Gasteiger charge is -2.34. The number of nitrogens with zero attached hydrogens (tertiary/aromatic N) is 4. The Kier molecular flexibility index (Phi) is 3.43. The summed E-state index contributed by atoms with van der Waals surface area (Å²) >= 11 is 1.77. The van der Waals surface area contributed by atoms with Gasteiger partial charge in [0.05, 0.1) is 10.9 Å². The first-order chi connectivity index (χ1) is 8.86. The molecule has 0 unspecified atom stereocenters. The smallest absolute Gasteiger partial charge is 0.186 e. The molecule has 0 saturated carbocycles. The SMILES string of the molecule is CCCN1CCN(c2nc3cnccc3s2)CC1. The highest BCUT2D eigenvalue weighted by Gasteiger charge is 2.18. The molecule has 3 rings (SSSR count). The average molecular weight is 262 g/mol. The van der Waals surface area contributed by atoms with Crippen molar-refractivity contribution in [2.75, 3.05) is 37.6 Å². The van der Waals surface area contributed by atoms with Crippen molar-refractivity contribution in [1.82, 2.24) is 14.9 Å². The van der Waals surface area contributed by atoms with E-state index in [1.165, 1.54) is 17.7 Å². The lowest BCUT2D eigenvalue weighted by atomic mass is 10.3. The molecular formula is C13H18N4S. The molecule has 0 spiro atoms. The van der Waals surface area contributed by atoms with Crippen LogP contribution in [0.4, 0.5) is 5.13 Å². The molecule has 5 heteroatoms. The summed E-state index contributed by atoms with van der Waals surface area (Å²) in [6.45, 7) is 7.95. The second-order valence-electron chi connectivity index (χ2n) is 4.67. The minimum Gasteiger partial charge on any atom is -0.345 e. The van der Waals surface area contributed by atoms with Gasteiger partial charge in [0.1, 0.15) is 5.52 Å². The maximum Gasteiger partial charge on any atom is 0.186 e. The highest BCUT2D eigenvalue weighted by atomic mass is 32.1. The molecular weight excluding hydrogens is 244 g/mol. The Morgan fingerprint density at radius 2 is 2.11 bits per heavy atom. The van der Waals surface area contributed by atoms with Crippen molar-refractivity contribution in [3.63, 3.8) is 0 Å². The second-order valence-corrected chi connectivity index (χ2v) is 5.68. The van der Waals surface area contributed by atoms with Gasteiger partial charge < -0.3 is 4.90 Å². The Morgan fingerprint density at radius 3 is 2.83 bits per heavy atom. The first-order valence-corrected chi connectivity index (χ1v) is 7.36. The molecule has 96 valence electrons. The second kappa shape index (κ2) is 5.20. The molecule has 0 amide bonds. The molecule has 2 aromatic heterocycles. The molecule has 3 heterocycles. The zero-order valence-electron chi connectivity index (χ0n) is 10.7. The number of thiazole rings is 1. The van der Waals surface area contributed by atoms with E-state index in [0.717, 1.165) is 36.8 Å². The van der Waals surface area contributed by atoms with E-state index < -0.39 is 0 Å². The summed E-state index contributed by atoms with van der Waals surface area (Å²) in [6.07, 6.45) is 4.93. The predicted octanol–water partition coefficient (Wildman–Crippen LogP) is 2.22. The summed E-state index contributed by atoms with van der Waals surface area (Å²) in [6, 6.07) is 2.05. The number of piperazine rings is 1. The molecule has 0 N–H and O–H groups in total. The van der Waals surface area contributed by atoms with Crippen LogP contribution < -0.4 is 4.90 Å². The van der Waals surface area contributed by atoms with E-state index >= 15 is 0 Å². The molecule has 0 bridgehead atoms. The van der Waals surface area contributed by atoms with Crippen molar-refractivity contribution in [1.29, 1.82) is 0 Å². The van der Waals surface area contributed by atoms with Gasteiger partial charge in [-0.05, 0) is 19.0 Å². The predicted molar refractivity (Wildman–Crippen MR) is 76.4 cm³/mol. The summed E-state index contributed by atoms with van der Waals surface area (Å²) < 4.78 is 1.23. The van der Waals surface area contributed by atoms with Crippen molar-refractivity contribution in [3.05, 3.63) is 18.5 Å². The first kappa shape index (κ1) is 11.9. The van der Waals surface area contributed by atoms with E-state index in [9.17, 15) is 0 Å². The van der Waals surface area contributed by atoms with Gasteiger partial charge in [-0.2, -0.15) is 0 Å². The van der Waals surface area contributed by atoms with E-state index in [-0.39, 0.29) is 0 Å². The number of aromatic nitrogens is 2. The van der Waals surface area contributed by atoms with Crippen LogP contribution in [0.3, 0.4) is 0 Å². The van der Waals surface area contributed by atoms with Crippen molar-refractivity contribution < 1.29 is 0 Å². The first-order valence-electron chi connectivity index (χ1n) is 6.54. The Balaban J connectivity index is 1.72. The third kappa shape index (κ3) is 2.33. The van der Waals surface area contributed by atoms with Crippen LogP contribution in [0.2, 0.25) is 0 Å². The monoisotopic (exact) mass is 262 g/mol. The fraction of sp³-hybridized carbons (Fsp3) is 0.538. The van der Waals surface area contributed by atoms with Crippen LogP contribution >= 0.6 is 11.3 Å². The molecule has 1 fully saturated rings. The highest BCUT2D eigenvalue weighted by Crippen LogP contribution is 2.28. The average Bonchev–Trinajstić information content (AvgIpc) is 2.84. The number of hydrogen-bond donors (Lipinski definition) is 0. The molecule has 0 atom stereocenters. The van der Waals surface area contributed by atoms with Gasteiger partial charge in [-0.15, -0.1) is 0 Å². The van der Waals surface area contributed by atoms with E-state index in [4.69, 9.17) is 0 Å². The highest BCUT2D eigenvalue weighted by molar-refractivity contribution is 7.22. The largest absolute Gasteiger partial charge is 0.345 e. The summed E-state index contributed by atoms with van der Waals surface area (Å²) in [5.74, 6) is 0. The zero-order valence-corrected chi connectivity index (χ0v) is 11.5. The van der Waals surface area contributed by atoms with Crippen molar-refractivity contribution in [3.8, 4) is 0 Å². The minimum absolute atomic E-state index is 1.02. The molecule has 1 saturated heterocycles. The molecule has 0 radical (unpaired) electrons. The number of hydrogen-bond acceptors (Lipinski definition) is 5. The van der Waals surface area contributed by atoms with Gasteiger partial charge in [0.2, 0.25) is 0 Å². The Labute approximate surface area is 111 Å². The van der Waals surface area contributed by atoms with Gasteiger partial charge in [0, 0.05) is 32.4 Å². The maximum absolute atomic E-state index is 4.67. The van der Waals surface area contributed by atoms with Crippen LogP contribution in [-0.2, 0) is 0 Å². The number of anilines is 1. The number of fused-ring (bicyclic) bond motifs is 1. The Bertz CT molecular complexity index is 483. The lowest BCUT2D eigenvalue weighted by Crippen LogP contribution is -2.46. The van der Waals surface area contributed by atoms with Gasteiger partial charge in [-0.1, -0.05) is 18.3 Å². The Morgan fingerprint density at radius 1 is 1.28 bits per heavy atom. The maximum atomic E-state index is 4.67. The van der Waals surface area contributed by atoms with Crippen LogP contribution in [-0.4, -0.2) is 47.6 Å². The fourth-order valence-corrected chi connectivity index (χ4v) is 3.37. The third-order valence-corrected chi connectivity index (χ3v) is 4.46. The molecule has 0 aliphatic carbocycles. The quantitative estimate of drug-likeness (QED) is 0.849. The number of rotatable bonds is 3.